The number of fused-ring (bicyclic) bond motifs is 1. The first kappa shape index (κ1) is 14.5. The molecule has 2 aromatic heterocycles. The lowest BCUT2D eigenvalue weighted by molar-refractivity contribution is 1.14. The lowest BCUT2D eigenvalue weighted by Gasteiger charge is -1.96. The molecule has 3 nitrogen and oxygen atoms in total. The molecule has 0 aliphatic rings. The van der Waals surface area contributed by atoms with Crippen molar-refractivity contribution in [2.75, 3.05) is 0 Å². The van der Waals surface area contributed by atoms with Gasteiger partial charge in [-0.05, 0) is 23.8 Å². The lowest BCUT2D eigenvalue weighted by atomic mass is 10.2. The Balaban J connectivity index is 0.00000133. The van der Waals surface area contributed by atoms with E-state index in [1.807, 2.05) is 6.07 Å². The van der Waals surface area contributed by atoms with Crippen LogP contribution < -0.4 is 10.1 Å². The average molecular weight is 378 g/mol. The summed E-state index contributed by atoms with van der Waals surface area (Å²) in [6.07, 6.45) is 5.04. The van der Waals surface area contributed by atoms with E-state index in [0.717, 1.165) is 5.56 Å². The predicted molar refractivity (Wildman–Crippen MR) is 84.9 cm³/mol. The number of aromatic nitrogens is 2. The standard InChI is InChI=1S/C12H6Cl2N2OS.BrH/c13-8-2-1-7(5-9(8)14)6-10-11(17)16-4-3-15-12(16)18-10;/h1-6H;1H/b10-6+;. The highest BCUT2D eigenvalue weighted by Gasteiger charge is 2.04. The summed E-state index contributed by atoms with van der Waals surface area (Å²) in [7, 11) is 0. The maximum Gasteiger partial charge on any atom is 0.274 e. The van der Waals surface area contributed by atoms with Crippen LogP contribution in [0.25, 0.3) is 11.0 Å². The molecule has 2 heterocycles. The second-order valence-electron chi connectivity index (χ2n) is 3.67. The first-order chi connectivity index (χ1) is 8.65. The molecule has 7 heteroatoms. The van der Waals surface area contributed by atoms with E-state index in [2.05, 4.69) is 4.98 Å². The summed E-state index contributed by atoms with van der Waals surface area (Å²) in [5.74, 6) is 0. The van der Waals surface area contributed by atoms with Gasteiger partial charge in [-0.1, -0.05) is 40.6 Å². The van der Waals surface area contributed by atoms with Gasteiger partial charge in [0.1, 0.15) is 0 Å². The molecule has 1 aromatic carbocycles. The zero-order valence-electron chi connectivity index (χ0n) is 9.34. The average Bonchev–Trinajstić information content (AvgIpc) is 2.89. The van der Waals surface area contributed by atoms with Crippen molar-refractivity contribution in [1.82, 2.24) is 9.38 Å². The largest absolute Gasteiger partial charge is 0.274 e. The molecule has 0 bridgehead atoms. The van der Waals surface area contributed by atoms with E-state index in [4.69, 9.17) is 23.2 Å². The van der Waals surface area contributed by atoms with Crippen molar-refractivity contribution < 1.29 is 0 Å². The normalized spacial score (nSPS) is 11.8. The third kappa shape index (κ3) is 2.69. The van der Waals surface area contributed by atoms with Crippen LogP contribution in [-0.4, -0.2) is 9.38 Å². The third-order valence-electron chi connectivity index (χ3n) is 2.48. The second kappa shape index (κ2) is 5.63. The Morgan fingerprint density at radius 3 is 2.74 bits per heavy atom. The van der Waals surface area contributed by atoms with Crippen LogP contribution in [0.1, 0.15) is 5.56 Å². The summed E-state index contributed by atoms with van der Waals surface area (Å²) in [4.78, 5) is 16.8. The topological polar surface area (TPSA) is 34.4 Å². The molecule has 0 unspecified atom stereocenters. The Labute approximate surface area is 132 Å². The molecular weight excluding hydrogens is 371 g/mol. The van der Waals surface area contributed by atoms with E-state index in [1.54, 1.807) is 30.6 Å². The Kier molecular flexibility index (Phi) is 4.30. The molecule has 3 aromatic rings. The van der Waals surface area contributed by atoms with Crippen LogP contribution in [-0.2, 0) is 0 Å². The Morgan fingerprint density at radius 1 is 1.26 bits per heavy atom. The molecule has 0 spiro atoms. The van der Waals surface area contributed by atoms with E-state index in [9.17, 15) is 4.79 Å². The number of thiazole rings is 1. The van der Waals surface area contributed by atoms with Crippen LogP contribution in [0.2, 0.25) is 10.0 Å². The zero-order chi connectivity index (χ0) is 12.7. The molecule has 0 N–H and O–H groups in total. The van der Waals surface area contributed by atoms with Gasteiger partial charge in [-0.2, -0.15) is 0 Å². The predicted octanol–water partition coefficient (Wildman–Crippen LogP) is 3.19. The fourth-order valence-corrected chi connectivity index (χ4v) is 2.86. The fraction of sp³-hybridized carbons (Fsp3) is 0. The molecule has 98 valence electrons. The van der Waals surface area contributed by atoms with Crippen molar-refractivity contribution in [1.29, 1.82) is 0 Å². The van der Waals surface area contributed by atoms with Crippen LogP contribution in [0, 0.1) is 0 Å². The van der Waals surface area contributed by atoms with Gasteiger partial charge in [-0.3, -0.25) is 9.20 Å². The SMILES string of the molecule is Br.O=c1/c(=C\c2ccc(Cl)c(Cl)c2)sc2nccn12. The number of rotatable bonds is 1. The first-order valence-electron chi connectivity index (χ1n) is 5.08. The number of imidazole rings is 1. The highest BCUT2D eigenvalue weighted by Crippen LogP contribution is 2.22. The number of hydrogen-bond acceptors (Lipinski definition) is 3. The van der Waals surface area contributed by atoms with Gasteiger partial charge in [0.15, 0.2) is 4.96 Å². The van der Waals surface area contributed by atoms with Crippen LogP contribution in [0.4, 0.5) is 0 Å². The van der Waals surface area contributed by atoms with Gasteiger partial charge in [0, 0.05) is 12.4 Å². The smallest absolute Gasteiger partial charge is 0.267 e. The van der Waals surface area contributed by atoms with Gasteiger partial charge in [0.25, 0.3) is 5.56 Å². The van der Waals surface area contributed by atoms with Crippen LogP contribution in [0.15, 0.2) is 35.4 Å². The molecule has 0 aliphatic carbocycles. The zero-order valence-corrected chi connectivity index (χ0v) is 13.4. The van der Waals surface area contributed by atoms with Crippen molar-refractivity contribution in [3.05, 3.63) is 61.1 Å². The van der Waals surface area contributed by atoms with Crippen LogP contribution in [0.5, 0.6) is 0 Å². The minimum atomic E-state index is -0.0708. The maximum atomic E-state index is 12.0. The highest BCUT2D eigenvalue weighted by molar-refractivity contribution is 8.93. The summed E-state index contributed by atoms with van der Waals surface area (Å²) < 4.78 is 2.14. The summed E-state index contributed by atoms with van der Waals surface area (Å²) in [5, 5.41) is 0.969. The van der Waals surface area contributed by atoms with E-state index < -0.39 is 0 Å². The van der Waals surface area contributed by atoms with E-state index in [-0.39, 0.29) is 22.5 Å². The quantitative estimate of drug-likeness (QED) is 0.652. The Hall–Kier alpha value is -0.880. The van der Waals surface area contributed by atoms with Crippen molar-refractivity contribution in [2.45, 2.75) is 0 Å². The number of nitrogens with zero attached hydrogens (tertiary/aromatic N) is 2. The fourth-order valence-electron chi connectivity index (χ4n) is 1.63. The van der Waals surface area contributed by atoms with Gasteiger partial charge in [-0.15, -0.1) is 17.0 Å². The molecular formula is C12H7BrCl2N2OS. The minimum Gasteiger partial charge on any atom is -0.267 e. The second-order valence-corrected chi connectivity index (χ2v) is 5.49. The van der Waals surface area contributed by atoms with Gasteiger partial charge in [0.05, 0.1) is 14.6 Å². The molecule has 19 heavy (non-hydrogen) atoms. The van der Waals surface area contributed by atoms with E-state index >= 15 is 0 Å². The monoisotopic (exact) mass is 376 g/mol. The van der Waals surface area contributed by atoms with Crippen molar-refractivity contribution in [3.63, 3.8) is 0 Å². The van der Waals surface area contributed by atoms with Crippen LogP contribution >= 0.6 is 51.5 Å². The van der Waals surface area contributed by atoms with Crippen molar-refractivity contribution in [2.24, 2.45) is 0 Å². The molecule has 0 saturated heterocycles. The van der Waals surface area contributed by atoms with E-state index in [1.165, 1.54) is 15.7 Å². The molecule has 0 saturated carbocycles. The minimum absolute atomic E-state index is 0. The van der Waals surface area contributed by atoms with Gasteiger partial charge in [-0.25, -0.2) is 4.98 Å². The van der Waals surface area contributed by atoms with Crippen molar-refractivity contribution in [3.8, 4) is 0 Å². The summed E-state index contributed by atoms with van der Waals surface area (Å²) in [6.45, 7) is 0. The Morgan fingerprint density at radius 2 is 2.05 bits per heavy atom. The first-order valence-corrected chi connectivity index (χ1v) is 6.65. The number of halogens is 3. The highest BCUT2D eigenvalue weighted by atomic mass is 79.9. The molecule has 0 radical (unpaired) electrons. The molecule has 0 fully saturated rings. The molecule has 3 rings (SSSR count). The number of hydrogen-bond donors (Lipinski definition) is 0. The molecule has 0 aliphatic heterocycles. The van der Waals surface area contributed by atoms with Gasteiger partial charge < -0.3 is 0 Å². The van der Waals surface area contributed by atoms with Gasteiger partial charge >= 0.3 is 0 Å². The summed E-state index contributed by atoms with van der Waals surface area (Å²) in [5.41, 5.74) is 0.768. The maximum absolute atomic E-state index is 12.0. The molecule has 0 amide bonds. The Bertz CT molecular complexity index is 843. The summed E-state index contributed by atoms with van der Waals surface area (Å²) >= 11 is 13.1. The van der Waals surface area contributed by atoms with Crippen molar-refractivity contribution >= 4 is 62.6 Å². The van der Waals surface area contributed by atoms with E-state index in [0.29, 0.717) is 19.5 Å². The molecule has 0 atom stereocenters. The summed E-state index contributed by atoms with van der Waals surface area (Å²) in [6, 6.07) is 5.25. The lowest BCUT2D eigenvalue weighted by Crippen LogP contribution is -2.22. The number of benzene rings is 1. The third-order valence-corrected chi connectivity index (χ3v) is 4.22. The van der Waals surface area contributed by atoms with Crippen LogP contribution in [0.3, 0.4) is 0 Å². The van der Waals surface area contributed by atoms with Gasteiger partial charge in [0.2, 0.25) is 0 Å².